The molecule has 34 heavy (non-hydrogen) atoms. The van der Waals surface area contributed by atoms with Crippen LogP contribution in [0.15, 0.2) is 30.5 Å². The number of H-pyrrole nitrogens is 1. The van der Waals surface area contributed by atoms with Gasteiger partial charge in [-0.3, -0.25) is 4.79 Å². The van der Waals surface area contributed by atoms with E-state index in [-0.39, 0.29) is 30.1 Å². The lowest BCUT2D eigenvalue weighted by Crippen LogP contribution is -2.39. The molecule has 8 heteroatoms. The predicted octanol–water partition coefficient (Wildman–Crippen LogP) is 4.93. The molecule has 2 fully saturated rings. The van der Waals surface area contributed by atoms with Gasteiger partial charge in [-0.15, -0.1) is 0 Å². The molecule has 0 bridgehead atoms. The average Bonchev–Trinajstić information content (AvgIpc) is 3.23. The summed E-state index contributed by atoms with van der Waals surface area (Å²) in [4.78, 5) is 25.9. The minimum Gasteiger partial charge on any atom is -0.463 e. The van der Waals surface area contributed by atoms with Crippen LogP contribution in [-0.2, 0) is 14.3 Å². The largest absolute Gasteiger partial charge is 0.463 e. The standard InChI is InChI=1S/C26H31FN4O3/c1-16-13-23-24(14-22(16)27)30-26(29-23)18-3-8-25(28-15-18)31-11-9-21(10-12-31)34-20-6-4-19(5-7-20)33-17(2)32/h3,8,13-15,19-21H,4-7,9-12H2,1-2H3,(H,29,30). The second-order valence-corrected chi connectivity index (χ2v) is 9.44. The molecule has 1 saturated carbocycles. The van der Waals surface area contributed by atoms with Crippen LogP contribution in [0.5, 0.6) is 0 Å². The number of nitrogens with zero attached hydrogens (tertiary/aromatic N) is 3. The van der Waals surface area contributed by atoms with E-state index in [9.17, 15) is 9.18 Å². The predicted molar refractivity (Wildman–Crippen MR) is 128 cm³/mol. The summed E-state index contributed by atoms with van der Waals surface area (Å²) in [7, 11) is 0. The van der Waals surface area contributed by atoms with Gasteiger partial charge in [-0.05, 0) is 69.2 Å². The van der Waals surface area contributed by atoms with Crippen molar-refractivity contribution in [2.24, 2.45) is 0 Å². The van der Waals surface area contributed by atoms with Gasteiger partial charge >= 0.3 is 5.97 Å². The second kappa shape index (κ2) is 9.70. The smallest absolute Gasteiger partial charge is 0.302 e. The number of anilines is 1. The van der Waals surface area contributed by atoms with Gasteiger partial charge < -0.3 is 19.4 Å². The van der Waals surface area contributed by atoms with Crippen molar-refractivity contribution in [1.29, 1.82) is 0 Å². The summed E-state index contributed by atoms with van der Waals surface area (Å²) in [5.41, 5.74) is 2.91. The van der Waals surface area contributed by atoms with Gasteiger partial charge in [0.15, 0.2) is 0 Å². The number of imidazole rings is 1. The van der Waals surface area contributed by atoms with Crippen molar-refractivity contribution < 1.29 is 18.7 Å². The minimum absolute atomic E-state index is 0.0538. The quantitative estimate of drug-likeness (QED) is 0.537. The first-order valence-electron chi connectivity index (χ1n) is 12.1. The molecule has 1 aromatic carbocycles. The summed E-state index contributed by atoms with van der Waals surface area (Å²) in [5, 5.41) is 0. The van der Waals surface area contributed by atoms with Gasteiger partial charge in [0.25, 0.3) is 0 Å². The molecule has 2 aromatic heterocycles. The van der Waals surface area contributed by atoms with Gasteiger partial charge in [0.05, 0.1) is 23.2 Å². The van der Waals surface area contributed by atoms with Gasteiger partial charge in [0, 0.05) is 37.8 Å². The summed E-state index contributed by atoms with van der Waals surface area (Å²) in [6.07, 6.45) is 8.04. The van der Waals surface area contributed by atoms with E-state index in [1.54, 1.807) is 13.0 Å². The lowest BCUT2D eigenvalue weighted by molar-refractivity contribution is -0.150. The van der Waals surface area contributed by atoms with E-state index >= 15 is 0 Å². The Balaban J connectivity index is 1.14. The zero-order chi connectivity index (χ0) is 23.7. The number of hydrogen-bond acceptors (Lipinski definition) is 6. The van der Waals surface area contributed by atoms with Gasteiger partial charge in [-0.2, -0.15) is 0 Å². The van der Waals surface area contributed by atoms with Crippen LogP contribution in [0, 0.1) is 12.7 Å². The number of halogens is 1. The number of benzene rings is 1. The van der Waals surface area contributed by atoms with Crippen molar-refractivity contribution in [2.75, 3.05) is 18.0 Å². The highest BCUT2D eigenvalue weighted by Crippen LogP contribution is 2.28. The van der Waals surface area contributed by atoms with Gasteiger partial charge in [0.2, 0.25) is 0 Å². The number of pyridine rings is 1. The first-order valence-corrected chi connectivity index (χ1v) is 12.1. The van der Waals surface area contributed by atoms with Crippen LogP contribution in [0.25, 0.3) is 22.4 Å². The van der Waals surface area contributed by atoms with E-state index in [0.717, 1.165) is 68.5 Å². The Morgan fingerprint density at radius 1 is 1.06 bits per heavy atom. The number of aromatic amines is 1. The molecule has 0 amide bonds. The molecule has 7 nitrogen and oxygen atoms in total. The number of esters is 1. The summed E-state index contributed by atoms with van der Waals surface area (Å²) in [5.74, 6) is 1.19. The van der Waals surface area contributed by atoms with Crippen molar-refractivity contribution in [3.63, 3.8) is 0 Å². The molecular weight excluding hydrogens is 435 g/mol. The average molecular weight is 467 g/mol. The van der Waals surface area contributed by atoms with Crippen LogP contribution in [0.4, 0.5) is 10.2 Å². The fourth-order valence-corrected chi connectivity index (χ4v) is 5.00. The third kappa shape index (κ3) is 5.06. The zero-order valence-electron chi connectivity index (χ0n) is 19.7. The number of fused-ring (bicyclic) bond motifs is 1. The number of aromatic nitrogens is 3. The fourth-order valence-electron chi connectivity index (χ4n) is 5.00. The maximum absolute atomic E-state index is 13.8. The van der Waals surface area contributed by atoms with Gasteiger partial charge in [-0.1, -0.05) is 0 Å². The summed E-state index contributed by atoms with van der Waals surface area (Å²) < 4.78 is 25.5. The molecule has 1 aliphatic carbocycles. The Bertz CT molecular complexity index is 1110. The molecule has 3 heterocycles. The van der Waals surface area contributed by atoms with E-state index in [2.05, 4.69) is 19.9 Å². The number of carbonyl (C=O) groups is 1. The third-order valence-corrected chi connectivity index (χ3v) is 6.89. The molecule has 180 valence electrons. The molecule has 1 N–H and O–H groups in total. The highest BCUT2D eigenvalue weighted by Gasteiger charge is 2.28. The lowest BCUT2D eigenvalue weighted by Gasteiger charge is -2.36. The molecule has 0 unspecified atom stereocenters. The Kier molecular flexibility index (Phi) is 6.50. The first-order chi connectivity index (χ1) is 16.4. The highest BCUT2D eigenvalue weighted by atomic mass is 19.1. The first kappa shape index (κ1) is 22.8. The van der Waals surface area contributed by atoms with Crippen LogP contribution < -0.4 is 4.90 Å². The topological polar surface area (TPSA) is 80.3 Å². The molecule has 3 aromatic rings. The minimum atomic E-state index is -0.249. The molecule has 5 rings (SSSR count). The maximum atomic E-state index is 13.8. The van der Waals surface area contributed by atoms with Crippen molar-refractivity contribution in [3.8, 4) is 11.4 Å². The Morgan fingerprint density at radius 3 is 2.44 bits per heavy atom. The summed E-state index contributed by atoms with van der Waals surface area (Å²) in [6, 6.07) is 7.27. The number of hydrogen-bond donors (Lipinski definition) is 1. The van der Waals surface area contributed by atoms with E-state index in [1.807, 2.05) is 18.3 Å². The van der Waals surface area contributed by atoms with Crippen LogP contribution >= 0.6 is 0 Å². The van der Waals surface area contributed by atoms with Crippen molar-refractivity contribution in [3.05, 3.63) is 41.8 Å². The molecule has 1 saturated heterocycles. The van der Waals surface area contributed by atoms with E-state index in [0.29, 0.717) is 16.9 Å². The van der Waals surface area contributed by atoms with Crippen molar-refractivity contribution in [2.45, 2.75) is 70.7 Å². The second-order valence-electron chi connectivity index (χ2n) is 9.44. The van der Waals surface area contributed by atoms with Crippen LogP contribution in [-0.4, -0.2) is 52.3 Å². The van der Waals surface area contributed by atoms with Gasteiger partial charge in [-0.25, -0.2) is 14.4 Å². The molecule has 0 radical (unpaired) electrons. The van der Waals surface area contributed by atoms with Crippen LogP contribution in [0.1, 0.15) is 51.0 Å². The molecule has 1 aliphatic heterocycles. The van der Waals surface area contributed by atoms with Crippen LogP contribution in [0.3, 0.4) is 0 Å². The molecular formula is C26H31FN4O3. The number of piperidine rings is 1. The Hall–Kier alpha value is -3.00. The fraction of sp³-hybridized carbons (Fsp3) is 0.500. The molecule has 0 atom stereocenters. The van der Waals surface area contributed by atoms with Crippen molar-refractivity contribution >= 4 is 22.8 Å². The third-order valence-electron chi connectivity index (χ3n) is 6.89. The Labute approximate surface area is 198 Å². The lowest BCUT2D eigenvalue weighted by atomic mass is 9.94. The monoisotopic (exact) mass is 466 g/mol. The summed E-state index contributed by atoms with van der Waals surface area (Å²) in [6.45, 7) is 5.03. The SMILES string of the molecule is CC(=O)OC1CCC(OC2CCN(c3ccc(-c4nc5cc(F)c(C)cc5[nH]4)cn3)CC2)CC1. The number of carbonyl (C=O) groups excluding carboxylic acids is 1. The number of rotatable bonds is 5. The number of aryl methyl sites for hydroxylation is 1. The van der Waals surface area contributed by atoms with E-state index < -0.39 is 0 Å². The maximum Gasteiger partial charge on any atom is 0.302 e. The van der Waals surface area contributed by atoms with E-state index in [1.165, 1.54) is 13.0 Å². The van der Waals surface area contributed by atoms with Gasteiger partial charge in [0.1, 0.15) is 23.6 Å². The van der Waals surface area contributed by atoms with E-state index in [4.69, 9.17) is 9.47 Å². The molecule has 2 aliphatic rings. The number of nitrogens with one attached hydrogen (secondary N) is 1. The van der Waals surface area contributed by atoms with Crippen LogP contribution in [0.2, 0.25) is 0 Å². The number of ether oxygens (including phenoxy) is 2. The Morgan fingerprint density at radius 2 is 1.76 bits per heavy atom. The molecule has 0 spiro atoms. The highest BCUT2D eigenvalue weighted by molar-refractivity contribution is 5.80. The summed E-state index contributed by atoms with van der Waals surface area (Å²) >= 11 is 0. The normalized spacial score (nSPS) is 21.7. The zero-order valence-corrected chi connectivity index (χ0v) is 19.7. The van der Waals surface area contributed by atoms with Crippen molar-refractivity contribution in [1.82, 2.24) is 15.0 Å².